The molecule has 3 atom stereocenters. The molecule has 1 aliphatic rings. The molecule has 1 aliphatic heterocycles. The number of rotatable bonds is 7. The molecule has 0 amide bonds. The van der Waals surface area contributed by atoms with Crippen molar-refractivity contribution in [2.75, 3.05) is 6.26 Å². The number of hydrogen-bond acceptors (Lipinski definition) is 5. The summed E-state index contributed by atoms with van der Waals surface area (Å²) in [5.41, 5.74) is 2.17. The first-order chi connectivity index (χ1) is 12.5. The van der Waals surface area contributed by atoms with Gasteiger partial charge in [-0.1, -0.05) is 58.9 Å². The van der Waals surface area contributed by atoms with Gasteiger partial charge < -0.3 is 9.84 Å². The smallest absolute Gasteiger partial charge is 0.346 e. The molecule has 3 unspecified atom stereocenters. The van der Waals surface area contributed by atoms with Gasteiger partial charge in [-0.25, -0.2) is 4.79 Å². The molecular formula is C22H30O4S. The van der Waals surface area contributed by atoms with Crippen molar-refractivity contribution < 1.29 is 19.4 Å². The number of hydrogen-bond donors (Lipinski definition) is 1. The Morgan fingerprint density at radius 2 is 1.81 bits per heavy atom. The van der Waals surface area contributed by atoms with E-state index in [0.29, 0.717) is 12.8 Å². The zero-order valence-corrected chi connectivity index (χ0v) is 17.9. The Balaban J connectivity index is 2.11. The van der Waals surface area contributed by atoms with Gasteiger partial charge in [-0.15, -0.1) is 0 Å². The second kappa shape index (κ2) is 8.51. The first-order valence-corrected chi connectivity index (χ1v) is 10.6. The number of esters is 1. The van der Waals surface area contributed by atoms with Crippen LogP contribution in [-0.2, 0) is 26.2 Å². The fraction of sp³-hybridized carbons (Fsp3) is 0.545. The van der Waals surface area contributed by atoms with Crippen LogP contribution in [0.1, 0.15) is 52.2 Å². The van der Waals surface area contributed by atoms with Crippen LogP contribution in [0, 0.1) is 5.92 Å². The second-order valence-electron chi connectivity index (χ2n) is 8.35. The molecule has 0 aromatic heterocycles. The number of ketones is 1. The normalized spacial score (nSPS) is 19.8. The SMILES string of the molecule is CSC(C)CC1OC(=O)C(C(=O)C(C)Cc2ccc(C(C)(C)C)cc2)=C1O. The van der Waals surface area contributed by atoms with E-state index in [1.54, 1.807) is 18.7 Å². The zero-order valence-electron chi connectivity index (χ0n) is 17.0. The standard InChI is InChI=1S/C22H30O4S/c1-13(11-15-7-9-16(10-8-15)22(3,4)5)19(23)18-20(24)17(26-21(18)25)12-14(2)27-6/h7-10,13-14,17,24H,11-12H2,1-6H3. The maximum Gasteiger partial charge on any atom is 0.346 e. The van der Waals surface area contributed by atoms with Gasteiger partial charge >= 0.3 is 5.97 Å². The summed E-state index contributed by atoms with van der Waals surface area (Å²) in [6.45, 7) is 10.2. The van der Waals surface area contributed by atoms with Crippen molar-refractivity contribution in [2.24, 2.45) is 5.92 Å². The lowest BCUT2D eigenvalue weighted by atomic mass is 9.85. The Labute approximate surface area is 166 Å². The Hall–Kier alpha value is -1.75. The number of benzene rings is 1. The molecule has 0 spiro atoms. The summed E-state index contributed by atoms with van der Waals surface area (Å²) in [5, 5.41) is 10.6. The number of cyclic esters (lactones) is 1. The fourth-order valence-corrected chi connectivity index (χ4v) is 3.49. The van der Waals surface area contributed by atoms with Gasteiger partial charge in [-0.2, -0.15) is 11.8 Å². The third-order valence-electron chi connectivity index (χ3n) is 5.02. The summed E-state index contributed by atoms with van der Waals surface area (Å²) in [6.07, 6.45) is 2.26. The molecule has 1 aromatic carbocycles. The van der Waals surface area contributed by atoms with Crippen LogP contribution in [0.25, 0.3) is 0 Å². The first-order valence-electron chi connectivity index (χ1n) is 9.35. The number of carbonyl (C=O) groups excluding carboxylic acids is 2. The lowest BCUT2D eigenvalue weighted by Crippen LogP contribution is -2.20. The van der Waals surface area contributed by atoms with Gasteiger partial charge in [0.15, 0.2) is 17.6 Å². The molecule has 1 N–H and O–H groups in total. The summed E-state index contributed by atoms with van der Waals surface area (Å²) in [5.74, 6) is -1.67. The maximum absolute atomic E-state index is 12.8. The van der Waals surface area contributed by atoms with E-state index < -0.39 is 18.0 Å². The minimum absolute atomic E-state index is 0.0765. The fourth-order valence-electron chi connectivity index (χ4n) is 3.13. The van der Waals surface area contributed by atoms with E-state index in [1.807, 2.05) is 25.3 Å². The van der Waals surface area contributed by atoms with Gasteiger partial charge in [0.2, 0.25) is 0 Å². The Kier molecular flexibility index (Phi) is 6.79. The lowest BCUT2D eigenvalue weighted by Gasteiger charge is -2.19. The molecular weight excluding hydrogens is 360 g/mol. The minimum atomic E-state index is -0.711. The molecule has 5 heteroatoms. The molecule has 0 fully saturated rings. The highest BCUT2D eigenvalue weighted by Crippen LogP contribution is 2.30. The predicted molar refractivity (Wildman–Crippen MR) is 110 cm³/mol. The minimum Gasteiger partial charge on any atom is -0.507 e. The van der Waals surface area contributed by atoms with Crippen molar-refractivity contribution in [3.63, 3.8) is 0 Å². The summed E-state index contributed by atoms with van der Waals surface area (Å²) in [6, 6.07) is 8.20. The van der Waals surface area contributed by atoms with E-state index >= 15 is 0 Å². The van der Waals surface area contributed by atoms with Crippen LogP contribution in [0.3, 0.4) is 0 Å². The molecule has 2 rings (SSSR count). The highest BCUT2D eigenvalue weighted by atomic mass is 32.2. The molecule has 27 heavy (non-hydrogen) atoms. The molecule has 1 heterocycles. The summed E-state index contributed by atoms with van der Waals surface area (Å²) < 4.78 is 5.24. The van der Waals surface area contributed by atoms with Gasteiger partial charge in [-0.05, 0) is 29.2 Å². The molecule has 0 saturated carbocycles. The van der Waals surface area contributed by atoms with E-state index in [4.69, 9.17) is 4.74 Å². The van der Waals surface area contributed by atoms with Crippen LogP contribution in [0.15, 0.2) is 35.6 Å². The third-order valence-corrected chi connectivity index (χ3v) is 6.02. The van der Waals surface area contributed by atoms with Gasteiger partial charge in [0.1, 0.15) is 5.57 Å². The number of thioether (sulfide) groups is 1. The van der Waals surface area contributed by atoms with Crippen molar-refractivity contribution in [3.8, 4) is 0 Å². The maximum atomic E-state index is 12.8. The van der Waals surface area contributed by atoms with Crippen molar-refractivity contribution in [3.05, 3.63) is 46.7 Å². The first kappa shape index (κ1) is 21.5. The van der Waals surface area contributed by atoms with Gasteiger partial charge in [0.25, 0.3) is 0 Å². The number of carbonyl (C=O) groups is 2. The van der Waals surface area contributed by atoms with E-state index in [-0.39, 0.29) is 27.8 Å². The quantitative estimate of drug-likeness (QED) is 0.544. The number of aliphatic hydroxyl groups is 1. The molecule has 0 radical (unpaired) electrons. The Morgan fingerprint density at radius 3 is 2.33 bits per heavy atom. The molecule has 4 nitrogen and oxygen atoms in total. The second-order valence-corrected chi connectivity index (χ2v) is 9.63. The van der Waals surface area contributed by atoms with Crippen LogP contribution in [0.4, 0.5) is 0 Å². The van der Waals surface area contributed by atoms with Crippen LogP contribution >= 0.6 is 11.8 Å². The van der Waals surface area contributed by atoms with E-state index in [9.17, 15) is 14.7 Å². The summed E-state index contributed by atoms with van der Waals surface area (Å²) >= 11 is 1.63. The highest BCUT2D eigenvalue weighted by molar-refractivity contribution is 7.99. The van der Waals surface area contributed by atoms with Gasteiger partial charge in [-0.3, -0.25) is 4.79 Å². The lowest BCUT2D eigenvalue weighted by molar-refractivity contribution is -0.141. The van der Waals surface area contributed by atoms with Crippen LogP contribution < -0.4 is 0 Å². The zero-order chi connectivity index (χ0) is 20.4. The largest absolute Gasteiger partial charge is 0.507 e. The van der Waals surface area contributed by atoms with Gasteiger partial charge in [0, 0.05) is 17.6 Å². The van der Waals surface area contributed by atoms with E-state index in [0.717, 1.165) is 5.56 Å². The predicted octanol–water partition coefficient (Wildman–Crippen LogP) is 4.61. The summed E-state index contributed by atoms with van der Waals surface area (Å²) in [4.78, 5) is 24.9. The van der Waals surface area contributed by atoms with Crippen LogP contribution in [-0.4, -0.2) is 34.5 Å². The third kappa shape index (κ3) is 5.16. The van der Waals surface area contributed by atoms with E-state index in [1.165, 1.54) is 5.56 Å². The number of aliphatic hydroxyl groups excluding tert-OH is 1. The Morgan fingerprint density at radius 1 is 1.22 bits per heavy atom. The molecule has 0 aliphatic carbocycles. The van der Waals surface area contributed by atoms with Crippen molar-refractivity contribution in [1.82, 2.24) is 0 Å². The average molecular weight is 391 g/mol. The van der Waals surface area contributed by atoms with Crippen LogP contribution in [0.5, 0.6) is 0 Å². The average Bonchev–Trinajstić information content (AvgIpc) is 2.87. The molecule has 1 aromatic rings. The Bertz CT molecular complexity index is 728. The molecule has 0 saturated heterocycles. The number of ether oxygens (including phenoxy) is 1. The van der Waals surface area contributed by atoms with Crippen LogP contribution in [0.2, 0.25) is 0 Å². The highest BCUT2D eigenvalue weighted by Gasteiger charge is 2.40. The molecule has 148 valence electrons. The summed E-state index contributed by atoms with van der Waals surface area (Å²) in [7, 11) is 0. The molecule has 0 bridgehead atoms. The topological polar surface area (TPSA) is 63.6 Å². The monoisotopic (exact) mass is 390 g/mol. The van der Waals surface area contributed by atoms with Gasteiger partial charge in [0.05, 0.1) is 0 Å². The number of Topliss-reactive ketones (excluding diaryl/α,β-unsaturated/α-hetero) is 1. The van der Waals surface area contributed by atoms with E-state index in [2.05, 4.69) is 32.9 Å². The van der Waals surface area contributed by atoms with Crippen molar-refractivity contribution in [2.45, 2.75) is 64.2 Å². The van der Waals surface area contributed by atoms with Crippen molar-refractivity contribution in [1.29, 1.82) is 0 Å². The van der Waals surface area contributed by atoms with Crippen molar-refractivity contribution >= 4 is 23.5 Å².